The third kappa shape index (κ3) is 67.6. The van der Waals surface area contributed by atoms with Crippen LogP contribution in [0.1, 0.15) is 374 Å². The van der Waals surface area contributed by atoms with Crippen LogP contribution in [0.5, 0.6) is 0 Å². The smallest absolute Gasteiger partial charge is 0.306 e. The van der Waals surface area contributed by atoms with Gasteiger partial charge in [-0.15, -0.1) is 0 Å². The average molecular weight is 1150 g/mol. The highest BCUT2D eigenvalue weighted by atomic mass is 16.6. The van der Waals surface area contributed by atoms with E-state index >= 15 is 0 Å². The molecular weight excluding hydrogens is 1010 g/mol. The number of rotatable bonds is 66. The van der Waals surface area contributed by atoms with Gasteiger partial charge in [0, 0.05) is 19.3 Å². The molecule has 0 N–H and O–H groups in total. The van der Waals surface area contributed by atoms with Crippen molar-refractivity contribution in [1.82, 2.24) is 0 Å². The van der Waals surface area contributed by atoms with Gasteiger partial charge in [0.1, 0.15) is 13.2 Å². The number of hydrogen-bond acceptors (Lipinski definition) is 6. The molecule has 0 amide bonds. The second-order valence-electron chi connectivity index (χ2n) is 24.1. The highest BCUT2D eigenvalue weighted by molar-refractivity contribution is 5.71. The highest BCUT2D eigenvalue weighted by Crippen LogP contribution is 2.18. The van der Waals surface area contributed by atoms with E-state index in [4.69, 9.17) is 14.2 Å². The zero-order valence-corrected chi connectivity index (χ0v) is 54.8. The number of esters is 3. The molecule has 0 radical (unpaired) electrons. The lowest BCUT2D eigenvalue weighted by atomic mass is 10.0. The SMILES string of the molecule is CC/C=C\C/C=C\C/C=C\C/C=C\CCCCCCCCCCCCC(=O)OC(COC(=O)CCCCCCC/C=C\C/C=C\CCC)COC(=O)CCCCCCCCCCCCCCCCCCCCCCCCCCCCCC. The third-order valence-electron chi connectivity index (χ3n) is 15.9. The van der Waals surface area contributed by atoms with E-state index in [0.29, 0.717) is 19.3 Å². The number of carbonyl (C=O) groups is 3. The lowest BCUT2D eigenvalue weighted by Gasteiger charge is -2.18. The maximum atomic E-state index is 13.0. The molecule has 0 spiro atoms. The first kappa shape index (κ1) is 78.8. The Labute approximate surface area is 510 Å². The van der Waals surface area contributed by atoms with E-state index in [-0.39, 0.29) is 31.1 Å². The van der Waals surface area contributed by atoms with E-state index in [1.165, 1.54) is 225 Å². The summed E-state index contributed by atoms with van der Waals surface area (Å²) < 4.78 is 17.0. The maximum Gasteiger partial charge on any atom is 0.306 e. The van der Waals surface area contributed by atoms with Gasteiger partial charge in [-0.05, 0) is 83.5 Å². The van der Waals surface area contributed by atoms with Gasteiger partial charge in [-0.3, -0.25) is 14.4 Å². The molecule has 476 valence electrons. The Kier molecular flexibility index (Phi) is 67.6. The molecule has 0 aromatic carbocycles. The van der Waals surface area contributed by atoms with Gasteiger partial charge in [0.15, 0.2) is 6.10 Å². The van der Waals surface area contributed by atoms with Crippen LogP contribution >= 0.6 is 0 Å². The molecule has 0 aromatic heterocycles. The summed E-state index contributed by atoms with van der Waals surface area (Å²) in [6.07, 6.45) is 92.3. The van der Waals surface area contributed by atoms with Crippen molar-refractivity contribution in [2.45, 2.75) is 380 Å². The summed E-state index contributed by atoms with van der Waals surface area (Å²) in [7, 11) is 0. The Hall–Kier alpha value is -3.15. The predicted molar refractivity (Wildman–Crippen MR) is 358 cm³/mol. The van der Waals surface area contributed by atoms with Crippen LogP contribution in [0, 0.1) is 0 Å². The van der Waals surface area contributed by atoms with Crippen molar-refractivity contribution < 1.29 is 28.6 Å². The van der Waals surface area contributed by atoms with Gasteiger partial charge >= 0.3 is 17.9 Å². The first-order valence-electron chi connectivity index (χ1n) is 35.9. The van der Waals surface area contributed by atoms with Crippen LogP contribution in [0.2, 0.25) is 0 Å². The quantitative estimate of drug-likeness (QED) is 0.0261. The molecule has 6 nitrogen and oxygen atoms in total. The van der Waals surface area contributed by atoms with E-state index in [1.54, 1.807) is 0 Å². The standard InChI is InChI=1S/C76H136O6/c1-4-7-10-13-16-19-22-25-27-29-31-33-35-36-37-38-39-41-42-44-46-48-51-54-57-60-63-66-69-75(78)81-72-73(71-80-74(77)68-65-62-59-56-53-50-24-21-18-15-12-9-6-3)82-76(79)70-67-64-61-58-55-52-49-47-45-43-40-34-32-30-28-26-23-20-17-14-11-8-5-2/h8,11-12,15,17,20-21,24,26,28,32,34,73H,4-7,9-10,13-14,16,18-19,22-23,25,27,29-31,33,35-72H2,1-3H3/b11-8-,15-12-,20-17-,24-21-,28-26-,34-32-. The molecule has 1 atom stereocenters. The van der Waals surface area contributed by atoms with Gasteiger partial charge in [0.2, 0.25) is 0 Å². The number of allylic oxidation sites excluding steroid dienone is 12. The number of hydrogen-bond donors (Lipinski definition) is 0. The van der Waals surface area contributed by atoms with E-state index in [1.807, 2.05) is 0 Å². The van der Waals surface area contributed by atoms with Crippen molar-refractivity contribution in [3.8, 4) is 0 Å². The van der Waals surface area contributed by atoms with Crippen LogP contribution in [-0.2, 0) is 28.6 Å². The Balaban J connectivity index is 4.22. The monoisotopic (exact) mass is 1150 g/mol. The number of unbranched alkanes of at least 4 members (excludes halogenated alkanes) is 43. The lowest BCUT2D eigenvalue weighted by Crippen LogP contribution is -2.30. The topological polar surface area (TPSA) is 78.9 Å². The van der Waals surface area contributed by atoms with Gasteiger partial charge in [-0.2, -0.15) is 0 Å². The first-order chi connectivity index (χ1) is 40.5. The minimum absolute atomic E-state index is 0.0781. The zero-order valence-electron chi connectivity index (χ0n) is 54.8. The van der Waals surface area contributed by atoms with Crippen LogP contribution in [0.4, 0.5) is 0 Å². The van der Waals surface area contributed by atoms with Gasteiger partial charge in [-0.1, -0.05) is 344 Å². The van der Waals surface area contributed by atoms with Gasteiger partial charge in [0.25, 0.3) is 0 Å². The zero-order chi connectivity index (χ0) is 59.2. The van der Waals surface area contributed by atoms with Crippen LogP contribution in [0.15, 0.2) is 72.9 Å². The van der Waals surface area contributed by atoms with Crippen molar-refractivity contribution in [3.63, 3.8) is 0 Å². The Morgan fingerprint density at radius 1 is 0.256 bits per heavy atom. The molecule has 0 fully saturated rings. The summed E-state index contributed by atoms with van der Waals surface area (Å²) in [5.41, 5.74) is 0. The van der Waals surface area contributed by atoms with Crippen molar-refractivity contribution in [2.24, 2.45) is 0 Å². The molecule has 0 aliphatic rings. The fraction of sp³-hybridized carbons (Fsp3) is 0.803. The third-order valence-corrected chi connectivity index (χ3v) is 15.9. The Morgan fingerprint density at radius 3 is 0.793 bits per heavy atom. The summed E-state index contributed by atoms with van der Waals surface area (Å²) in [5.74, 6) is -0.876. The molecule has 6 heteroatoms. The van der Waals surface area contributed by atoms with Gasteiger partial charge in [0.05, 0.1) is 0 Å². The molecule has 0 bridgehead atoms. The van der Waals surface area contributed by atoms with Crippen molar-refractivity contribution in [2.75, 3.05) is 13.2 Å². The van der Waals surface area contributed by atoms with Crippen LogP contribution < -0.4 is 0 Å². The van der Waals surface area contributed by atoms with E-state index < -0.39 is 6.10 Å². The molecular formula is C76H136O6. The minimum Gasteiger partial charge on any atom is -0.462 e. The summed E-state index contributed by atoms with van der Waals surface area (Å²) in [6.45, 7) is 6.51. The number of carbonyl (C=O) groups excluding carboxylic acids is 3. The summed E-state index contributed by atoms with van der Waals surface area (Å²) in [5, 5.41) is 0. The Morgan fingerprint density at radius 2 is 0.500 bits per heavy atom. The second-order valence-corrected chi connectivity index (χ2v) is 24.1. The largest absolute Gasteiger partial charge is 0.462 e. The summed E-state index contributed by atoms with van der Waals surface area (Å²) in [6, 6.07) is 0. The number of ether oxygens (including phenoxy) is 3. The predicted octanol–water partition coefficient (Wildman–Crippen LogP) is 24.8. The molecule has 82 heavy (non-hydrogen) atoms. The lowest BCUT2D eigenvalue weighted by molar-refractivity contribution is -0.167. The molecule has 1 unspecified atom stereocenters. The summed E-state index contributed by atoms with van der Waals surface area (Å²) >= 11 is 0. The first-order valence-corrected chi connectivity index (χ1v) is 35.9. The van der Waals surface area contributed by atoms with E-state index in [9.17, 15) is 14.4 Å². The molecule has 0 heterocycles. The minimum atomic E-state index is -0.784. The normalized spacial score (nSPS) is 12.5. The molecule has 0 aliphatic heterocycles. The fourth-order valence-corrected chi connectivity index (χ4v) is 10.6. The van der Waals surface area contributed by atoms with Gasteiger partial charge < -0.3 is 14.2 Å². The second kappa shape index (κ2) is 70.3. The van der Waals surface area contributed by atoms with Crippen LogP contribution in [0.25, 0.3) is 0 Å². The molecule has 0 aromatic rings. The van der Waals surface area contributed by atoms with E-state index in [2.05, 4.69) is 93.7 Å². The molecule has 0 saturated heterocycles. The van der Waals surface area contributed by atoms with Crippen molar-refractivity contribution in [3.05, 3.63) is 72.9 Å². The van der Waals surface area contributed by atoms with Crippen LogP contribution in [-0.4, -0.2) is 37.2 Å². The molecule has 0 rings (SSSR count). The Bertz CT molecular complexity index is 1500. The molecule has 0 aliphatic carbocycles. The highest BCUT2D eigenvalue weighted by Gasteiger charge is 2.19. The van der Waals surface area contributed by atoms with Crippen LogP contribution in [0.3, 0.4) is 0 Å². The van der Waals surface area contributed by atoms with Crippen molar-refractivity contribution >= 4 is 17.9 Å². The fourth-order valence-electron chi connectivity index (χ4n) is 10.6. The van der Waals surface area contributed by atoms with E-state index in [0.717, 1.165) is 109 Å². The average Bonchev–Trinajstić information content (AvgIpc) is 3.47. The summed E-state index contributed by atoms with van der Waals surface area (Å²) in [4.78, 5) is 38.4. The maximum absolute atomic E-state index is 13.0. The van der Waals surface area contributed by atoms with Crippen molar-refractivity contribution in [1.29, 1.82) is 0 Å². The molecule has 0 saturated carbocycles. The van der Waals surface area contributed by atoms with Gasteiger partial charge in [-0.25, -0.2) is 0 Å².